The minimum atomic E-state index is -4.53. The van der Waals surface area contributed by atoms with E-state index < -0.39 is 25.3 Å². The molecule has 0 aliphatic heterocycles. The normalized spacial score (nSPS) is 14.5. The molecule has 0 N–H and O–H groups in total. The molecule has 0 aromatic rings. The predicted molar refractivity (Wildman–Crippen MR) is 54.1 cm³/mol. The zero-order valence-electron chi connectivity index (χ0n) is 10.3. The molecular weight excluding hydrogens is 259 g/mol. The molecule has 0 bridgehead atoms. The summed E-state index contributed by atoms with van der Waals surface area (Å²) in [6.45, 7) is 11.9. The summed E-state index contributed by atoms with van der Waals surface area (Å²) in [7, 11) is 0. The summed E-state index contributed by atoms with van der Waals surface area (Å²) in [5.41, 5.74) is -0.395. The number of rotatable bonds is 5. The van der Waals surface area contributed by atoms with Crippen molar-refractivity contribution in [3.8, 4) is 0 Å². The molecule has 0 radical (unpaired) electrons. The van der Waals surface area contributed by atoms with Crippen molar-refractivity contribution in [1.29, 1.82) is 0 Å². The van der Waals surface area contributed by atoms with Crippen LogP contribution in [0, 0.1) is 0 Å². The maximum atomic E-state index is 12.8. The van der Waals surface area contributed by atoms with Gasteiger partial charge in [0.1, 0.15) is 0 Å². The van der Waals surface area contributed by atoms with Crippen molar-refractivity contribution in [3.05, 3.63) is 0 Å². The molecular formula is C10H24O3Zr. The topological polar surface area (TPSA) is 35.5 Å². The van der Waals surface area contributed by atoms with Gasteiger partial charge in [-0.05, 0) is 0 Å². The van der Waals surface area contributed by atoms with Crippen molar-refractivity contribution in [3.63, 3.8) is 0 Å². The van der Waals surface area contributed by atoms with Crippen molar-refractivity contribution in [1.82, 2.24) is 0 Å². The molecule has 0 aliphatic rings. The third-order valence-corrected chi connectivity index (χ3v) is 14.0. The van der Waals surface area contributed by atoms with Crippen LogP contribution in [0.5, 0.6) is 0 Å². The van der Waals surface area contributed by atoms with Gasteiger partial charge in [-0.3, -0.25) is 0 Å². The van der Waals surface area contributed by atoms with Crippen LogP contribution in [0.25, 0.3) is 0 Å². The van der Waals surface area contributed by atoms with E-state index in [1.165, 1.54) is 0 Å². The summed E-state index contributed by atoms with van der Waals surface area (Å²) in [5.74, 6) is 0. The van der Waals surface area contributed by atoms with Gasteiger partial charge in [0.25, 0.3) is 0 Å². The van der Waals surface area contributed by atoms with E-state index in [2.05, 4.69) is 0 Å². The first-order valence-electron chi connectivity index (χ1n) is 5.43. The molecule has 0 spiro atoms. The summed E-state index contributed by atoms with van der Waals surface area (Å²) < 4.78 is 25.1. The van der Waals surface area contributed by atoms with Crippen molar-refractivity contribution in [2.45, 2.75) is 55.4 Å². The summed E-state index contributed by atoms with van der Waals surface area (Å²) >= 11 is -4.53. The molecule has 0 amide bonds. The molecule has 86 valence electrons. The third-order valence-electron chi connectivity index (χ3n) is 2.37. The monoisotopic (exact) mass is 282 g/mol. The van der Waals surface area contributed by atoms with Crippen LogP contribution in [0.4, 0.5) is 0 Å². The fourth-order valence-corrected chi connectivity index (χ4v) is 9.66. The van der Waals surface area contributed by atoms with Crippen molar-refractivity contribution < 1.29 is 28.1 Å². The SMILES string of the molecule is CC[O][Zr](=[O])([CH2]C)([CH2]C)[O]C(C)(C)C. The quantitative estimate of drug-likeness (QED) is 0.773. The Morgan fingerprint density at radius 2 is 1.50 bits per heavy atom. The van der Waals surface area contributed by atoms with E-state index >= 15 is 0 Å². The molecule has 4 heteroatoms. The molecule has 0 aliphatic carbocycles. The van der Waals surface area contributed by atoms with E-state index in [4.69, 9.17) is 5.63 Å². The molecule has 0 saturated heterocycles. The van der Waals surface area contributed by atoms with E-state index in [1.54, 1.807) is 0 Å². The van der Waals surface area contributed by atoms with Gasteiger partial charge in [-0.2, -0.15) is 0 Å². The van der Waals surface area contributed by atoms with E-state index in [0.29, 0.717) is 14.9 Å². The average molecular weight is 284 g/mol. The van der Waals surface area contributed by atoms with Crippen molar-refractivity contribution in [2.75, 3.05) is 6.61 Å². The van der Waals surface area contributed by atoms with Gasteiger partial charge in [-0.1, -0.05) is 0 Å². The van der Waals surface area contributed by atoms with Crippen LogP contribution in [0.3, 0.4) is 0 Å². The first-order valence-corrected chi connectivity index (χ1v) is 11.9. The van der Waals surface area contributed by atoms with Crippen molar-refractivity contribution >= 4 is 0 Å². The number of hydrogen-bond donors (Lipinski definition) is 0. The molecule has 0 aromatic heterocycles. The van der Waals surface area contributed by atoms with Crippen LogP contribution in [0.15, 0.2) is 0 Å². The summed E-state index contributed by atoms with van der Waals surface area (Å²) in [5, 5.41) is 0. The van der Waals surface area contributed by atoms with Crippen LogP contribution in [-0.2, 0) is 28.1 Å². The first-order chi connectivity index (χ1) is 6.19. The Kier molecular flexibility index (Phi) is 4.83. The Balaban J connectivity index is 4.98. The molecule has 3 nitrogen and oxygen atoms in total. The van der Waals surface area contributed by atoms with E-state index in [9.17, 15) is 2.81 Å². The number of hydrogen-bond acceptors (Lipinski definition) is 3. The molecule has 14 heavy (non-hydrogen) atoms. The summed E-state index contributed by atoms with van der Waals surface area (Å²) in [4.78, 5) is 0. The summed E-state index contributed by atoms with van der Waals surface area (Å²) in [6, 6.07) is 0. The van der Waals surface area contributed by atoms with Crippen LogP contribution in [0.2, 0.25) is 8.26 Å². The standard InChI is InChI=1S/C4H9O.C2H5O.2C2H5.O.Zr/c1-4(2,3)5;1-2-3;2*1-2;;/h1-3H3;2H2,1H3;2*1H2,2H3;;/q2*-1;;;;+2. The van der Waals surface area contributed by atoms with Gasteiger partial charge in [0.15, 0.2) is 0 Å². The molecule has 0 atom stereocenters. The molecule has 0 fully saturated rings. The van der Waals surface area contributed by atoms with Crippen LogP contribution in [0.1, 0.15) is 41.5 Å². The van der Waals surface area contributed by atoms with Gasteiger partial charge in [-0.25, -0.2) is 0 Å². The van der Waals surface area contributed by atoms with E-state index in [1.807, 2.05) is 41.5 Å². The van der Waals surface area contributed by atoms with Crippen LogP contribution >= 0.6 is 0 Å². The molecule has 0 heterocycles. The Labute approximate surface area is 90.0 Å². The zero-order valence-corrected chi connectivity index (χ0v) is 12.8. The second-order valence-corrected chi connectivity index (χ2v) is 16.1. The summed E-state index contributed by atoms with van der Waals surface area (Å²) in [6.07, 6.45) is 0. The molecule has 0 aromatic carbocycles. The van der Waals surface area contributed by atoms with Gasteiger partial charge >= 0.3 is 90.1 Å². The van der Waals surface area contributed by atoms with Gasteiger partial charge in [0.2, 0.25) is 0 Å². The van der Waals surface area contributed by atoms with Gasteiger partial charge in [-0.15, -0.1) is 0 Å². The average Bonchev–Trinajstić information content (AvgIpc) is 2.02. The van der Waals surface area contributed by atoms with Crippen LogP contribution in [-0.4, -0.2) is 12.2 Å². The maximum absolute atomic E-state index is 12.8. The molecule has 0 unspecified atom stereocenters. The Hall–Kier alpha value is 0.603. The first kappa shape index (κ1) is 14.6. The fourth-order valence-electron chi connectivity index (χ4n) is 1.63. The van der Waals surface area contributed by atoms with Crippen molar-refractivity contribution in [2.24, 2.45) is 0 Å². The van der Waals surface area contributed by atoms with E-state index in [-0.39, 0.29) is 0 Å². The second-order valence-electron chi connectivity index (χ2n) is 4.72. The van der Waals surface area contributed by atoms with E-state index in [0.717, 1.165) is 0 Å². The molecule has 0 rings (SSSR count). The second kappa shape index (κ2) is 4.63. The Morgan fingerprint density at radius 3 is 1.71 bits per heavy atom. The minimum absolute atomic E-state index is 0.395. The fraction of sp³-hybridized carbons (Fsp3) is 1.00. The van der Waals surface area contributed by atoms with Crippen LogP contribution < -0.4 is 0 Å². The zero-order chi connectivity index (χ0) is 11.5. The Morgan fingerprint density at radius 1 is 1.07 bits per heavy atom. The predicted octanol–water partition coefficient (Wildman–Crippen LogP) is 3.58. The van der Waals surface area contributed by atoms with Gasteiger partial charge in [0.05, 0.1) is 0 Å². The van der Waals surface area contributed by atoms with Gasteiger partial charge < -0.3 is 0 Å². The van der Waals surface area contributed by atoms with Gasteiger partial charge in [0, 0.05) is 0 Å². The Bertz CT molecular complexity index is 232. The third kappa shape index (κ3) is 4.00. The molecule has 0 saturated carbocycles.